The lowest BCUT2D eigenvalue weighted by Gasteiger charge is -2.33. The molecule has 11 heteroatoms. The highest BCUT2D eigenvalue weighted by atomic mass is 35.5. The van der Waals surface area contributed by atoms with Crippen molar-refractivity contribution >= 4 is 50.7 Å². The number of para-hydroxylation sites is 2. The van der Waals surface area contributed by atoms with Crippen molar-refractivity contribution in [3.8, 4) is 5.75 Å². The van der Waals surface area contributed by atoms with Gasteiger partial charge < -0.3 is 15.0 Å². The van der Waals surface area contributed by atoms with Crippen molar-refractivity contribution in [3.63, 3.8) is 0 Å². The summed E-state index contributed by atoms with van der Waals surface area (Å²) in [5.74, 6) is -0.693. The fourth-order valence-electron chi connectivity index (χ4n) is 3.99. The molecule has 0 saturated heterocycles. The molecule has 0 heterocycles. The molecular weight excluding hydrogens is 549 g/mol. The average molecular weight is 579 g/mol. The van der Waals surface area contributed by atoms with Gasteiger partial charge in [-0.15, -0.1) is 0 Å². The number of carbonyl (C=O) groups is 2. The van der Waals surface area contributed by atoms with Crippen molar-refractivity contribution < 1.29 is 22.7 Å². The molecule has 38 heavy (non-hydrogen) atoms. The Kier molecular flexibility index (Phi) is 10.0. The second kappa shape index (κ2) is 13.0. The van der Waals surface area contributed by atoms with Crippen LogP contribution in [0.15, 0.2) is 77.7 Å². The van der Waals surface area contributed by atoms with Gasteiger partial charge in [-0.2, -0.15) is 0 Å². The maximum atomic E-state index is 13.9. The van der Waals surface area contributed by atoms with E-state index < -0.39 is 28.5 Å². The molecule has 0 aliphatic heterocycles. The zero-order chi connectivity index (χ0) is 27.9. The number of sulfonamides is 1. The molecule has 8 nitrogen and oxygen atoms in total. The van der Waals surface area contributed by atoms with Gasteiger partial charge in [0, 0.05) is 13.6 Å². The number of nitrogens with zero attached hydrogens (tertiary/aromatic N) is 2. The molecule has 0 fully saturated rings. The van der Waals surface area contributed by atoms with Gasteiger partial charge in [0.05, 0.1) is 27.7 Å². The van der Waals surface area contributed by atoms with Crippen LogP contribution in [0.4, 0.5) is 5.69 Å². The van der Waals surface area contributed by atoms with Crippen molar-refractivity contribution in [1.29, 1.82) is 0 Å². The number of halogens is 2. The lowest BCUT2D eigenvalue weighted by Crippen LogP contribution is -2.51. The first kappa shape index (κ1) is 29.3. The third kappa shape index (κ3) is 6.59. The smallest absolute Gasteiger partial charge is 0.264 e. The van der Waals surface area contributed by atoms with Crippen LogP contribution in [0.2, 0.25) is 10.0 Å². The Balaban J connectivity index is 2.09. The number of benzene rings is 3. The quantitative estimate of drug-likeness (QED) is 0.354. The van der Waals surface area contributed by atoms with Crippen LogP contribution in [0.1, 0.15) is 18.9 Å². The van der Waals surface area contributed by atoms with Crippen LogP contribution in [0.5, 0.6) is 5.75 Å². The molecular formula is C27H29Cl2N3O5S. The average Bonchev–Trinajstić information content (AvgIpc) is 2.93. The Bertz CT molecular complexity index is 1390. The Morgan fingerprint density at radius 2 is 1.63 bits per heavy atom. The van der Waals surface area contributed by atoms with Gasteiger partial charge in [-0.05, 0) is 48.4 Å². The number of hydrogen-bond donors (Lipinski definition) is 1. The van der Waals surface area contributed by atoms with Crippen LogP contribution in [0, 0.1) is 0 Å². The predicted molar refractivity (Wildman–Crippen MR) is 149 cm³/mol. The van der Waals surface area contributed by atoms with Gasteiger partial charge in [0.1, 0.15) is 18.3 Å². The van der Waals surface area contributed by atoms with E-state index in [1.54, 1.807) is 67.6 Å². The second-order valence-corrected chi connectivity index (χ2v) is 11.0. The van der Waals surface area contributed by atoms with Gasteiger partial charge in [-0.25, -0.2) is 8.42 Å². The highest BCUT2D eigenvalue weighted by molar-refractivity contribution is 7.92. The van der Waals surface area contributed by atoms with Crippen molar-refractivity contribution in [2.24, 2.45) is 0 Å². The summed E-state index contributed by atoms with van der Waals surface area (Å²) in [6.45, 7) is 1.20. The van der Waals surface area contributed by atoms with Gasteiger partial charge in [-0.3, -0.25) is 13.9 Å². The lowest BCUT2D eigenvalue weighted by atomic mass is 10.1. The van der Waals surface area contributed by atoms with E-state index >= 15 is 0 Å². The highest BCUT2D eigenvalue weighted by Gasteiger charge is 2.34. The molecule has 3 rings (SSSR count). The summed E-state index contributed by atoms with van der Waals surface area (Å²) in [7, 11) is -1.29. The number of ether oxygens (including phenoxy) is 1. The van der Waals surface area contributed by atoms with Crippen LogP contribution < -0.4 is 14.4 Å². The van der Waals surface area contributed by atoms with E-state index in [-0.39, 0.29) is 28.8 Å². The minimum atomic E-state index is -4.19. The highest BCUT2D eigenvalue weighted by Crippen LogP contribution is 2.32. The molecule has 0 aliphatic rings. The fraction of sp³-hybridized carbons (Fsp3) is 0.259. The summed E-state index contributed by atoms with van der Waals surface area (Å²) >= 11 is 12.2. The van der Waals surface area contributed by atoms with Crippen molar-refractivity contribution in [2.45, 2.75) is 30.8 Å². The van der Waals surface area contributed by atoms with E-state index in [2.05, 4.69) is 5.32 Å². The van der Waals surface area contributed by atoms with E-state index in [0.717, 1.165) is 4.31 Å². The summed E-state index contributed by atoms with van der Waals surface area (Å²) in [6, 6.07) is 18.4. The van der Waals surface area contributed by atoms with Crippen molar-refractivity contribution in [1.82, 2.24) is 10.2 Å². The lowest BCUT2D eigenvalue weighted by molar-refractivity contribution is -0.140. The van der Waals surface area contributed by atoms with E-state index in [1.165, 1.54) is 31.2 Å². The SMILES string of the molecule is CC[C@H](C(=O)NC)N(Cc1ccc(Cl)c(Cl)c1)C(=O)CN(c1ccccc1OC)S(=O)(=O)c1ccccc1. The number of likely N-dealkylation sites (N-methyl/N-ethyl adjacent to an activating group) is 1. The predicted octanol–water partition coefficient (Wildman–Crippen LogP) is 4.75. The molecule has 0 aromatic heterocycles. The monoisotopic (exact) mass is 577 g/mol. The van der Waals surface area contributed by atoms with E-state index in [9.17, 15) is 18.0 Å². The number of amides is 2. The molecule has 0 aliphatic carbocycles. The summed E-state index contributed by atoms with van der Waals surface area (Å²) in [5, 5.41) is 3.23. The summed E-state index contributed by atoms with van der Waals surface area (Å²) < 4.78 is 34.1. The standard InChI is InChI=1S/C27H29Cl2N3O5S/c1-4-23(27(34)30-2)31(17-19-14-15-21(28)22(29)16-19)26(33)18-32(24-12-8-9-13-25(24)37-3)38(35,36)20-10-6-5-7-11-20/h5-16,23H,4,17-18H2,1-3H3,(H,30,34)/t23-/m1/s1. The van der Waals surface area contributed by atoms with Crippen molar-refractivity contribution in [2.75, 3.05) is 25.0 Å². The molecule has 0 saturated carbocycles. The largest absolute Gasteiger partial charge is 0.495 e. The summed E-state index contributed by atoms with van der Waals surface area (Å²) in [6.07, 6.45) is 0.298. The minimum absolute atomic E-state index is 0.00674. The minimum Gasteiger partial charge on any atom is -0.495 e. The molecule has 0 spiro atoms. The Morgan fingerprint density at radius 1 is 0.974 bits per heavy atom. The third-order valence-electron chi connectivity index (χ3n) is 5.93. The third-order valence-corrected chi connectivity index (χ3v) is 8.45. The zero-order valence-electron chi connectivity index (χ0n) is 21.2. The van der Waals surface area contributed by atoms with Crippen LogP contribution in [0.3, 0.4) is 0 Å². The number of rotatable bonds is 11. The summed E-state index contributed by atoms with van der Waals surface area (Å²) in [4.78, 5) is 28.0. The molecule has 0 bridgehead atoms. The van der Waals surface area contributed by atoms with E-state index in [1.807, 2.05) is 0 Å². The number of nitrogens with one attached hydrogen (secondary N) is 1. The van der Waals surface area contributed by atoms with Gasteiger partial charge in [0.2, 0.25) is 11.8 Å². The Hall–Kier alpha value is -3.27. The molecule has 1 atom stereocenters. The molecule has 0 radical (unpaired) electrons. The topological polar surface area (TPSA) is 96.0 Å². The molecule has 2 amide bonds. The number of carbonyl (C=O) groups excluding carboxylic acids is 2. The molecule has 3 aromatic carbocycles. The van der Waals surface area contributed by atoms with E-state index in [4.69, 9.17) is 27.9 Å². The number of methoxy groups -OCH3 is 1. The summed E-state index contributed by atoms with van der Waals surface area (Å²) in [5.41, 5.74) is 0.819. The molecule has 202 valence electrons. The fourth-order valence-corrected chi connectivity index (χ4v) is 5.76. The maximum absolute atomic E-state index is 13.9. The number of anilines is 1. The first-order valence-electron chi connectivity index (χ1n) is 11.8. The first-order chi connectivity index (χ1) is 18.1. The zero-order valence-corrected chi connectivity index (χ0v) is 23.6. The van der Waals surface area contributed by atoms with Crippen LogP contribution in [-0.2, 0) is 26.2 Å². The number of hydrogen-bond acceptors (Lipinski definition) is 5. The van der Waals surface area contributed by atoms with Gasteiger partial charge in [-0.1, -0.05) is 66.5 Å². The molecule has 1 N–H and O–H groups in total. The van der Waals surface area contributed by atoms with Crippen LogP contribution >= 0.6 is 23.2 Å². The van der Waals surface area contributed by atoms with Crippen LogP contribution in [-0.4, -0.2) is 51.9 Å². The van der Waals surface area contributed by atoms with E-state index in [0.29, 0.717) is 22.0 Å². The Morgan fingerprint density at radius 3 is 2.24 bits per heavy atom. The normalized spacial score (nSPS) is 11.9. The van der Waals surface area contributed by atoms with Crippen LogP contribution in [0.25, 0.3) is 0 Å². The van der Waals surface area contributed by atoms with Gasteiger partial charge in [0.15, 0.2) is 0 Å². The van der Waals surface area contributed by atoms with Gasteiger partial charge in [0.25, 0.3) is 10.0 Å². The first-order valence-corrected chi connectivity index (χ1v) is 14.0. The maximum Gasteiger partial charge on any atom is 0.264 e. The molecule has 3 aromatic rings. The second-order valence-electron chi connectivity index (χ2n) is 8.30. The van der Waals surface area contributed by atoms with Gasteiger partial charge >= 0.3 is 0 Å². The van der Waals surface area contributed by atoms with Crippen molar-refractivity contribution in [3.05, 3.63) is 88.4 Å². The Labute approximate surface area is 233 Å². The molecule has 0 unspecified atom stereocenters.